The normalized spacial score (nSPS) is 12.8. The molecule has 2 heterocycles. The van der Waals surface area contributed by atoms with Gasteiger partial charge in [-0.1, -0.05) is 33.3 Å². The second-order valence-electron chi connectivity index (χ2n) is 4.22. The van der Waals surface area contributed by atoms with Gasteiger partial charge in [-0.15, -0.1) is 5.10 Å². The van der Waals surface area contributed by atoms with Gasteiger partial charge >= 0.3 is 0 Å². The second-order valence-corrected chi connectivity index (χ2v) is 5.08. The highest BCUT2D eigenvalue weighted by molar-refractivity contribution is 9.10. The number of rotatable bonds is 2. The van der Waals surface area contributed by atoms with E-state index in [1.165, 1.54) is 0 Å². The Hall–Kier alpha value is -1.79. The molecule has 1 atom stereocenters. The molecule has 0 saturated heterocycles. The van der Waals surface area contributed by atoms with Crippen LogP contribution in [0.1, 0.15) is 17.4 Å². The summed E-state index contributed by atoms with van der Waals surface area (Å²) in [5, 5.41) is 19.1. The minimum Gasteiger partial charge on any atom is -0.382 e. The molecule has 0 aliphatic rings. The molecule has 19 heavy (non-hydrogen) atoms. The molecule has 3 rings (SSSR count). The standard InChI is InChI=1S/C13H11BrN4O/c1-18-11(7-16-17-18)13(19)9-4-5-10(14)8-3-2-6-15-12(8)9/h2-7,13,19H,1H3. The van der Waals surface area contributed by atoms with E-state index in [9.17, 15) is 5.11 Å². The van der Waals surface area contributed by atoms with Crippen molar-refractivity contribution in [2.45, 2.75) is 6.10 Å². The maximum absolute atomic E-state index is 10.5. The van der Waals surface area contributed by atoms with Crippen molar-refractivity contribution in [3.8, 4) is 0 Å². The Balaban J connectivity index is 2.21. The third-order valence-corrected chi connectivity index (χ3v) is 3.76. The van der Waals surface area contributed by atoms with Crippen LogP contribution in [0.2, 0.25) is 0 Å². The van der Waals surface area contributed by atoms with Crippen molar-refractivity contribution in [3.05, 3.63) is 52.4 Å². The van der Waals surface area contributed by atoms with Crippen LogP contribution in [0.5, 0.6) is 0 Å². The molecular formula is C13H11BrN4O. The van der Waals surface area contributed by atoms with Gasteiger partial charge in [-0.25, -0.2) is 4.68 Å². The summed E-state index contributed by atoms with van der Waals surface area (Å²) >= 11 is 3.49. The van der Waals surface area contributed by atoms with Gasteiger partial charge in [0.1, 0.15) is 6.10 Å². The summed E-state index contributed by atoms with van der Waals surface area (Å²) in [4.78, 5) is 4.36. The molecule has 0 bridgehead atoms. The Labute approximate surface area is 118 Å². The average molecular weight is 319 g/mol. The lowest BCUT2D eigenvalue weighted by molar-refractivity contribution is 0.211. The third kappa shape index (κ3) is 2.02. The summed E-state index contributed by atoms with van der Waals surface area (Å²) in [6.45, 7) is 0. The number of hydrogen-bond acceptors (Lipinski definition) is 4. The number of nitrogens with zero attached hydrogens (tertiary/aromatic N) is 4. The minimum absolute atomic E-state index is 0.634. The highest BCUT2D eigenvalue weighted by Crippen LogP contribution is 2.31. The molecule has 0 spiro atoms. The zero-order chi connectivity index (χ0) is 13.4. The fourth-order valence-electron chi connectivity index (χ4n) is 2.08. The van der Waals surface area contributed by atoms with Gasteiger partial charge in [0, 0.05) is 28.7 Å². The highest BCUT2D eigenvalue weighted by Gasteiger charge is 2.18. The predicted octanol–water partition coefficient (Wildman–Crippen LogP) is 2.21. The van der Waals surface area contributed by atoms with Crippen LogP contribution in [0.25, 0.3) is 10.9 Å². The number of pyridine rings is 1. The maximum Gasteiger partial charge on any atom is 0.124 e. The lowest BCUT2D eigenvalue weighted by Crippen LogP contribution is -2.07. The summed E-state index contributed by atoms with van der Waals surface area (Å²) < 4.78 is 2.51. The maximum atomic E-state index is 10.5. The first-order valence-corrected chi connectivity index (χ1v) is 6.53. The topological polar surface area (TPSA) is 63.8 Å². The summed E-state index contributed by atoms with van der Waals surface area (Å²) in [5.74, 6) is 0. The van der Waals surface area contributed by atoms with Gasteiger partial charge < -0.3 is 5.11 Å². The van der Waals surface area contributed by atoms with Crippen LogP contribution >= 0.6 is 15.9 Å². The van der Waals surface area contributed by atoms with Gasteiger partial charge in [-0.3, -0.25) is 4.98 Å². The largest absolute Gasteiger partial charge is 0.382 e. The monoisotopic (exact) mass is 318 g/mol. The van der Waals surface area contributed by atoms with Crippen LogP contribution in [0.4, 0.5) is 0 Å². The first kappa shape index (κ1) is 12.3. The van der Waals surface area contributed by atoms with E-state index in [-0.39, 0.29) is 0 Å². The smallest absolute Gasteiger partial charge is 0.124 e. The first-order chi connectivity index (χ1) is 9.18. The molecule has 0 radical (unpaired) electrons. The number of fused-ring (bicyclic) bond motifs is 1. The number of hydrogen-bond donors (Lipinski definition) is 1. The van der Waals surface area contributed by atoms with Crippen molar-refractivity contribution in [1.82, 2.24) is 20.0 Å². The molecule has 0 aliphatic carbocycles. The molecule has 1 N–H and O–H groups in total. The van der Waals surface area contributed by atoms with E-state index in [0.717, 1.165) is 20.9 Å². The number of aromatic nitrogens is 4. The Bertz CT molecular complexity index is 740. The number of halogens is 1. The molecule has 3 aromatic rings. The molecule has 6 heteroatoms. The quantitative estimate of drug-likeness (QED) is 0.786. The van der Waals surface area contributed by atoms with Crippen LogP contribution in [-0.2, 0) is 7.05 Å². The Kier molecular flexibility index (Phi) is 3.04. The van der Waals surface area contributed by atoms with Gasteiger partial charge in [-0.05, 0) is 12.1 Å². The van der Waals surface area contributed by atoms with Gasteiger partial charge in [0.25, 0.3) is 0 Å². The lowest BCUT2D eigenvalue weighted by Gasteiger charge is -2.13. The van der Waals surface area contributed by atoms with Crippen molar-refractivity contribution in [1.29, 1.82) is 0 Å². The van der Waals surface area contributed by atoms with Crippen LogP contribution in [0, 0.1) is 0 Å². The molecule has 0 fully saturated rings. The van der Waals surface area contributed by atoms with Crippen molar-refractivity contribution < 1.29 is 5.11 Å². The van der Waals surface area contributed by atoms with E-state index < -0.39 is 6.10 Å². The van der Waals surface area contributed by atoms with Gasteiger partial charge in [0.15, 0.2) is 0 Å². The van der Waals surface area contributed by atoms with E-state index in [1.54, 1.807) is 24.1 Å². The third-order valence-electron chi connectivity index (χ3n) is 3.07. The van der Waals surface area contributed by atoms with Crippen molar-refractivity contribution >= 4 is 26.8 Å². The second kappa shape index (κ2) is 4.71. The zero-order valence-corrected chi connectivity index (χ0v) is 11.7. The van der Waals surface area contributed by atoms with Crippen LogP contribution < -0.4 is 0 Å². The molecule has 0 amide bonds. The number of aliphatic hydroxyl groups is 1. The van der Waals surface area contributed by atoms with Crippen molar-refractivity contribution in [2.24, 2.45) is 7.05 Å². The SMILES string of the molecule is Cn1nncc1C(O)c1ccc(Br)c2cccnc12. The summed E-state index contributed by atoms with van der Waals surface area (Å²) in [6, 6.07) is 7.60. The lowest BCUT2D eigenvalue weighted by atomic mass is 10.0. The molecule has 96 valence electrons. The fraction of sp³-hybridized carbons (Fsp3) is 0.154. The summed E-state index contributed by atoms with van der Waals surface area (Å²) in [7, 11) is 1.75. The Morgan fingerprint density at radius 2 is 2.16 bits per heavy atom. The zero-order valence-electron chi connectivity index (χ0n) is 10.2. The van der Waals surface area contributed by atoms with Gasteiger partial charge in [-0.2, -0.15) is 0 Å². The molecular weight excluding hydrogens is 308 g/mol. The average Bonchev–Trinajstić information content (AvgIpc) is 2.85. The van der Waals surface area contributed by atoms with Crippen LogP contribution in [-0.4, -0.2) is 25.1 Å². The first-order valence-electron chi connectivity index (χ1n) is 5.74. The summed E-state index contributed by atoms with van der Waals surface area (Å²) in [5.41, 5.74) is 2.14. The van der Waals surface area contributed by atoms with Crippen molar-refractivity contribution in [3.63, 3.8) is 0 Å². The molecule has 5 nitrogen and oxygen atoms in total. The number of aryl methyl sites for hydroxylation is 1. The highest BCUT2D eigenvalue weighted by atomic mass is 79.9. The molecule has 0 saturated carbocycles. The van der Waals surface area contributed by atoms with Crippen molar-refractivity contribution in [2.75, 3.05) is 0 Å². The van der Waals surface area contributed by atoms with E-state index in [4.69, 9.17) is 0 Å². The molecule has 1 unspecified atom stereocenters. The van der Waals surface area contributed by atoms with E-state index in [1.807, 2.05) is 24.3 Å². The number of aliphatic hydroxyl groups excluding tert-OH is 1. The van der Waals surface area contributed by atoms with E-state index in [0.29, 0.717) is 5.69 Å². The fourth-order valence-corrected chi connectivity index (χ4v) is 2.54. The number of benzene rings is 1. The van der Waals surface area contributed by atoms with Gasteiger partial charge in [0.05, 0.1) is 17.4 Å². The molecule has 0 aliphatic heterocycles. The Morgan fingerprint density at radius 3 is 2.89 bits per heavy atom. The Morgan fingerprint density at radius 1 is 1.32 bits per heavy atom. The van der Waals surface area contributed by atoms with E-state index >= 15 is 0 Å². The van der Waals surface area contributed by atoms with E-state index in [2.05, 4.69) is 31.2 Å². The van der Waals surface area contributed by atoms with Gasteiger partial charge in [0.2, 0.25) is 0 Å². The van der Waals surface area contributed by atoms with Crippen LogP contribution in [0.15, 0.2) is 41.1 Å². The molecule has 2 aromatic heterocycles. The minimum atomic E-state index is -0.800. The van der Waals surface area contributed by atoms with Crippen LogP contribution in [0.3, 0.4) is 0 Å². The molecule has 1 aromatic carbocycles. The predicted molar refractivity (Wildman–Crippen MR) is 74.5 cm³/mol. The summed E-state index contributed by atoms with van der Waals surface area (Å²) in [6.07, 6.45) is 2.47.